The fourth-order valence-corrected chi connectivity index (χ4v) is 3.70. The van der Waals surface area contributed by atoms with E-state index in [0.29, 0.717) is 29.3 Å². The first-order valence-corrected chi connectivity index (χ1v) is 10.7. The number of anilines is 2. The monoisotopic (exact) mass is 422 g/mol. The fraction of sp³-hybridized carbons (Fsp3) is 0.0870. The van der Waals surface area contributed by atoms with Crippen LogP contribution in [-0.2, 0) is 10.0 Å². The second kappa shape index (κ2) is 9.28. The lowest BCUT2D eigenvalue weighted by Gasteiger charge is -2.11. The summed E-state index contributed by atoms with van der Waals surface area (Å²) in [5, 5.41) is 2.78. The zero-order valence-electron chi connectivity index (χ0n) is 16.5. The van der Waals surface area contributed by atoms with Gasteiger partial charge in [-0.25, -0.2) is 8.42 Å². The number of ether oxygens (including phenoxy) is 1. The average Bonchev–Trinajstić information content (AvgIpc) is 2.73. The topological polar surface area (TPSA) is 84.5 Å². The Bertz CT molecular complexity index is 1140. The minimum atomic E-state index is -3.75. The standard InChI is InChI=1S/C23H22N2O4S/c1-3-15-29-21-11-9-19(10-12-21)24-23(26)18-5-4-6-20(16-18)25-30(27,28)22-13-7-17(2)8-14-22/h3-14,16,25H,1,15H2,2H3,(H,24,26). The molecule has 1 amide bonds. The number of carbonyl (C=O) groups is 1. The fourth-order valence-electron chi connectivity index (χ4n) is 2.65. The van der Waals surface area contributed by atoms with Crippen molar-refractivity contribution in [3.8, 4) is 5.75 Å². The highest BCUT2D eigenvalue weighted by molar-refractivity contribution is 7.92. The van der Waals surface area contributed by atoms with Crippen molar-refractivity contribution in [2.75, 3.05) is 16.6 Å². The lowest BCUT2D eigenvalue weighted by atomic mass is 10.2. The molecule has 0 aliphatic rings. The van der Waals surface area contributed by atoms with E-state index < -0.39 is 10.0 Å². The number of hydrogen-bond donors (Lipinski definition) is 2. The van der Waals surface area contributed by atoms with E-state index >= 15 is 0 Å². The van der Waals surface area contributed by atoms with Crippen LogP contribution in [0.2, 0.25) is 0 Å². The number of benzene rings is 3. The van der Waals surface area contributed by atoms with Crippen LogP contribution in [0, 0.1) is 6.92 Å². The van der Waals surface area contributed by atoms with Gasteiger partial charge in [0.25, 0.3) is 15.9 Å². The Hall–Kier alpha value is -3.58. The van der Waals surface area contributed by atoms with E-state index in [1.807, 2.05) is 6.92 Å². The quantitative estimate of drug-likeness (QED) is 0.519. The molecule has 0 aromatic heterocycles. The van der Waals surface area contributed by atoms with Gasteiger partial charge in [-0.3, -0.25) is 9.52 Å². The summed E-state index contributed by atoms with van der Waals surface area (Å²) < 4.78 is 33.0. The summed E-state index contributed by atoms with van der Waals surface area (Å²) in [5.41, 5.74) is 2.19. The average molecular weight is 423 g/mol. The van der Waals surface area contributed by atoms with Gasteiger partial charge in [-0.2, -0.15) is 0 Å². The summed E-state index contributed by atoms with van der Waals surface area (Å²) in [6, 6.07) is 19.8. The van der Waals surface area contributed by atoms with Crippen molar-refractivity contribution in [3.63, 3.8) is 0 Å². The van der Waals surface area contributed by atoms with Gasteiger partial charge in [0.15, 0.2) is 0 Å². The normalized spacial score (nSPS) is 10.8. The molecule has 2 N–H and O–H groups in total. The van der Waals surface area contributed by atoms with Crippen LogP contribution >= 0.6 is 0 Å². The third-order valence-electron chi connectivity index (χ3n) is 4.19. The van der Waals surface area contributed by atoms with E-state index in [0.717, 1.165) is 5.56 Å². The van der Waals surface area contributed by atoms with E-state index in [-0.39, 0.29) is 10.8 Å². The molecule has 0 aliphatic heterocycles. The molecular weight excluding hydrogens is 400 g/mol. The van der Waals surface area contributed by atoms with Crippen LogP contribution in [0.1, 0.15) is 15.9 Å². The number of amides is 1. The molecule has 3 rings (SSSR count). The maximum Gasteiger partial charge on any atom is 0.261 e. The summed E-state index contributed by atoms with van der Waals surface area (Å²) in [4.78, 5) is 12.7. The Morgan fingerprint density at radius 2 is 1.70 bits per heavy atom. The lowest BCUT2D eigenvalue weighted by Crippen LogP contribution is -2.15. The SMILES string of the molecule is C=CCOc1ccc(NC(=O)c2cccc(NS(=O)(=O)c3ccc(C)cc3)c2)cc1. The smallest absolute Gasteiger partial charge is 0.261 e. The molecule has 3 aromatic carbocycles. The van der Waals surface area contributed by atoms with Crippen molar-refractivity contribution in [3.05, 3.63) is 96.6 Å². The van der Waals surface area contributed by atoms with E-state index in [4.69, 9.17) is 4.74 Å². The molecule has 3 aromatic rings. The van der Waals surface area contributed by atoms with Crippen LogP contribution in [0.3, 0.4) is 0 Å². The third-order valence-corrected chi connectivity index (χ3v) is 5.59. The molecule has 0 spiro atoms. The van der Waals surface area contributed by atoms with E-state index in [2.05, 4.69) is 16.6 Å². The number of sulfonamides is 1. The highest BCUT2D eigenvalue weighted by Crippen LogP contribution is 2.20. The summed E-state index contributed by atoms with van der Waals surface area (Å²) >= 11 is 0. The maximum atomic E-state index is 12.6. The van der Waals surface area contributed by atoms with Gasteiger partial charge < -0.3 is 10.1 Å². The van der Waals surface area contributed by atoms with Crippen LogP contribution < -0.4 is 14.8 Å². The van der Waals surface area contributed by atoms with Crippen LogP contribution in [0.4, 0.5) is 11.4 Å². The van der Waals surface area contributed by atoms with Gasteiger partial charge in [-0.15, -0.1) is 0 Å². The first-order chi connectivity index (χ1) is 14.4. The van der Waals surface area contributed by atoms with Crippen LogP contribution in [0.25, 0.3) is 0 Å². The molecule has 30 heavy (non-hydrogen) atoms. The van der Waals surface area contributed by atoms with Gasteiger partial charge in [-0.05, 0) is 61.5 Å². The lowest BCUT2D eigenvalue weighted by molar-refractivity contribution is 0.102. The molecule has 0 fully saturated rings. The predicted molar refractivity (Wildman–Crippen MR) is 119 cm³/mol. The van der Waals surface area contributed by atoms with Crippen LogP contribution in [-0.4, -0.2) is 20.9 Å². The Morgan fingerprint density at radius 3 is 2.37 bits per heavy atom. The molecule has 6 nitrogen and oxygen atoms in total. The van der Waals surface area contributed by atoms with E-state index in [1.54, 1.807) is 60.7 Å². The summed E-state index contributed by atoms with van der Waals surface area (Å²) in [7, 11) is -3.75. The van der Waals surface area contributed by atoms with Crippen molar-refractivity contribution in [2.24, 2.45) is 0 Å². The Labute approximate surface area is 176 Å². The molecule has 0 bridgehead atoms. The first-order valence-electron chi connectivity index (χ1n) is 9.22. The molecule has 0 aliphatic carbocycles. The van der Waals surface area contributed by atoms with Crippen LogP contribution in [0.5, 0.6) is 5.75 Å². The Kier molecular flexibility index (Phi) is 6.54. The molecule has 0 saturated carbocycles. The van der Waals surface area contributed by atoms with Gasteiger partial charge in [0.05, 0.1) is 4.90 Å². The van der Waals surface area contributed by atoms with Gasteiger partial charge in [-0.1, -0.05) is 36.4 Å². The maximum absolute atomic E-state index is 12.6. The predicted octanol–water partition coefficient (Wildman–Crippen LogP) is 4.61. The van der Waals surface area contributed by atoms with Crippen molar-refractivity contribution < 1.29 is 17.9 Å². The molecule has 154 valence electrons. The number of hydrogen-bond acceptors (Lipinski definition) is 4. The second-order valence-corrected chi connectivity index (χ2v) is 8.26. The minimum absolute atomic E-state index is 0.154. The van der Waals surface area contributed by atoms with Gasteiger partial charge in [0, 0.05) is 16.9 Å². The zero-order chi connectivity index (χ0) is 21.6. The van der Waals surface area contributed by atoms with E-state index in [9.17, 15) is 13.2 Å². The molecule has 0 unspecified atom stereocenters. The van der Waals surface area contributed by atoms with Gasteiger partial charge in [0.1, 0.15) is 12.4 Å². The second-order valence-electron chi connectivity index (χ2n) is 6.58. The summed E-state index contributed by atoms with van der Waals surface area (Å²) in [5.74, 6) is 0.312. The largest absolute Gasteiger partial charge is 0.490 e. The van der Waals surface area contributed by atoms with Gasteiger partial charge in [0.2, 0.25) is 0 Å². The molecule has 0 radical (unpaired) electrons. The molecule has 0 heterocycles. The highest BCUT2D eigenvalue weighted by Gasteiger charge is 2.15. The van der Waals surface area contributed by atoms with Crippen molar-refractivity contribution >= 4 is 27.3 Å². The van der Waals surface area contributed by atoms with Crippen molar-refractivity contribution in [1.29, 1.82) is 0 Å². The van der Waals surface area contributed by atoms with Crippen molar-refractivity contribution in [2.45, 2.75) is 11.8 Å². The number of rotatable bonds is 8. The van der Waals surface area contributed by atoms with E-state index in [1.165, 1.54) is 18.2 Å². The summed E-state index contributed by atoms with van der Waals surface area (Å²) in [6.07, 6.45) is 1.65. The number of aryl methyl sites for hydroxylation is 1. The first kappa shape index (κ1) is 21.1. The van der Waals surface area contributed by atoms with Gasteiger partial charge >= 0.3 is 0 Å². The molecule has 7 heteroatoms. The Balaban J connectivity index is 1.70. The molecule has 0 saturated heterocycles. The zero-order valence-corrected chi connectivity index (χ0v) is 17.3. The minimum Gasteiger partial charge on any atom is -0.490 e. The summed E-state index contributed by atoms with van der Waals surface area (Å²) in [6.45, 7) is 5.87. The number of nitrogens with one attached hydrogen (secondary N) is 2. The third kappa shape index (κ3) is 5.48. The van der Waals surface area contributed by atoms with Crippen molar-refractivity contribution in [1.82, 2.24) is 0 Å². The highest BCUT2D eigenvalue weighted by atomic mass is 32.2. The molecule has 0 atom stereocenters. The Morgan fingerprint density at radius 1 is 1.00 bits per heavy atom. The molecular formula is C23H22N2O4S. The number of carbonyl (C=O) groups excluding carboxylic acids is 1. The van der Waals surface area contributed by atoms with Crippen LogP contribution in [0.15, 0.2) is 90.3 Å².